The SMILES string of the molecule is CSCCNC(C)c1c(C)cc(C)nc1C. The molecule has 0 spiro atoms. The highest BCUT2D eigenvalue weighted by atomic mass is 32.2. The summed E-state index contributed by atoms with van der Waals surface area (Å²) in [7, 11) is 0. The van der Waals surface area contributed by atoms with Crippen LogP contribution in [-0.2, 0) is 0 Å². The van der Waals surface area contributed by atoms with Crippen molar-refractivity contribution in [1.29, 1.82) is 0 Å². The number of aromatic nitrogens is 1. The first-order valence-electron chi connectivity index (χ1n) is 5.73. The summed E-state index contributed by atoms with van der Waals surface area (Å²) in [6.45, 7) is 9.59. The molecule has 0 amide bonds. The summed E-state index contributed by atoms with van der Waals surface area (Å²) in [6, 6.07) is 2.55. The number of pyridine rings is 1. The van der Waals surface area contributed by atoms with Crippen molar-refractivity contribution in [2.75, 3.05) is 18.6 Å². The average molecular weight is 238 g/mol. The molecule has 1 aromatic rings. The first-order chi connectivity index (χ1) is 7.56. The summed E-state index contributed by atoms with van der Waals surface area (Å²) >= 11 is 1.87. The van der Waals surface area contributed by atoms with E-state index in [-0.39, 0.29) is 0 Å². The van der Waals surface area contributed by atoms with Gasteiger partial charge in [-0.05, 0) is 51.1 Å². The minimum absolute atomic E-state index is 0.389. The summed E-state index contributed by atoms with van der Waals surface area (Å²) in [4.78, 5) is 4.54. The van der Waals surface area contributed by atoms with Crippen LogP contribution in [0.25, 0.3) is 0 Å². The lowest BCUT2D eigenvalue weighted by Crippen LogP contribution is -2.23. The van der Waals surface area contributed by atoms with E-state index in [1.165, 1.54) is 11.1 Å². The van der Waals surface area contributed by atoms with Gasteiger partial charge in [-0.3, -0.25) is 4.98 Å². The van der Waals surface area contributed by atoms with E-state index in [0.29, 0.717) is 6.04 Å². The zero-order valence-corrected chi connectivity index (χ0v) is 11.7. The van der Waals surface area contributed by atoms with Crippen LogP contribution in [0, 0.1) is 20.8 Å². The number of aryl methyl sites for hydroxylation is 3. The second-order valence-electron chi connectivity index (χ2n) is 4.25. The molecule has 1 unspecified atom stereocenters. The van der Waals surface area contributed by atoms with E-state index >= 15 is 0 Å². The molecule has 0 aromatic carbocycles. The van der Waals surface area contributed by atoms with Crippen LogP contribution < -0.4 is 5.32 Å². The van der Waals surface area contributed by atoms with Crippen LogP contribution in [0.3, 0.4) is 0 Å². The maximum Gasteiger partial charge on any atom is 0.0426 e. The number of hydrogen-bond donors (Lipinski definition) is 1. The van der Waals surface area contributed by atoms with Crippen molar-refractivity contribution in [3.8, 4) is 0 Å². The molecule has 1 aromatic heterocycles. The topological polar surface area (TPSA) is 24.9 Å². The van der Waals surface area contributed by atoms with Crippen LogP contribution in [0.1, 0.15) is 35.5 Å². The van der Waals surface area contributed by atoms with Crippen molar-refractivity contribution >= 4 is 11.8 Å². The van der Waals surface area contributed by atoms with Crippen molar-refractivity contribution < 1.29 is 0 Å². The Labute approximate surface area is 103 Å². The van der Waals surface area contributed by atoms with Gasteiger partial charge < -0.3 is 5.32 Å². The Kier molecular flexibility index (Phi) is 5.29. The lowest BCUT2D eigenvalue weighted by Gasteiger charge is -2.18. The van der Waals surface area contributed by atoms with Gasteiger partial charge in [-0.25, -0.2) is 0 Å². The molecular formula is C13H22N2S. The molecule has 0 saturated carbocycles. The summed E-state index contributed by atoms with van der Waals surface area (Å²) in [5.41, 5.74) is 4.96. The fourth-order valence-corrected chi connectivity index (χ4v) is 2.49. The Balaban J connectivity index is 2.78. The molecular weight excluding hydrogens is 216 g/mol. The van der Waals surface area contributed by atoms with Gasteiger partial charge in [0.05, 0.1) is 0 Å². The predicted octanol–water partition coefficient (Wildman–Crippen LogP) is 3.02. The fourth-order valence-electron chi connectivity index (χ4n) is 2.17. The van der Waals surface area contributed by atoms with Gasteiger partial charge in [0.25, 0.3) is 0 Å². The summed E-state index contributed by atoms with van der Waals surface area (Å²) in [5, 5.41) is 3.54. The largest absolute Gasteiger partial charge is 0.309 e. The van der Waals surface area contributed by atoms with Crippen LogP contribution in [-0.4, -0.2) is 23.5 Å². The smallest absolute Gasteiger partial charge is 0.0426 e. The minimum Gasteiger partial charge on any atom is -0.309 e. The molecule has 1 atom stereocenters. The molecule has 16 heavy (non-hydrogen) atoms. The highest BCUT2D eigenvalue weighted by Gasteiger charge is 2.11. The lowest BCUT2D eigenvalue weighted by atomic mass is 10.0. The number of thioether (sulfide) groups is 1. The Hall–Kier alpha value is -0.540. The zero-order valence-electron chi connectivity index (χ0n) is 10.9. The van der Waals surface area contributed by atoms with Gasteiger partial charge in [0.1, 0.15) is 0 Å². The fraction of sp³-hybridized carbons (Fsp3) is 0.615. The molecule has 0 bridgehead atoms. The van der Waals surface area contributed by atoms with Gasteiger partial charge >= 0.3 is 0 Å². The van der Waals surface area contributed by atoms with Gasteiger partial charge in [0, 0.05) is 29.7 Å². The summed E-state index contributed by atoms with van der Waals surface area (Å²) in [6.07, 6.45) is 2.14. The third kappa shape index (κ3) is 3.49. The van der Waals surface area contributed by atoms with Gasteiger partial charge in [-0.2, -0.15) is 11.8 Å². The van der Waals surface area contributed by atoms with Crippen molar-refractivity contribution in [1.82, 2.24) is 10.3 Å². The lowest BCUT2D eigenvalue weighted by molar-refractivity contribution is 0.592. The number of nitrogens with zero attached hydrogens (tertiary/aromatic N) is 1. The molecule has 3 heteroatoms. The number of hydrogen-bond acceptors (Lipinski definition) is 3. The van der Waals surface area contributed by atoms with Gasteiger partial charge in [-0.15, -0.1) is 0 Å². The quantitative estimate of drug-likeness (QED) is 0.798. The Bertz CT molecular complexity index is 327. The van der Waals surface area contributed by atoms with E-state index < -0.39 is 0 Å². The number of rotatable bonds is 5. The molecule has 0 aliphatic rings. The van der Waals surface area contributed by atoms with Crippen molar-refractivity contribution in [3.63, 3.8) is 0 Å². The van der Waals surface area contributed by atoms with Crippen molar-refractivity contribution in [2.24, 2.45) is 0 Å². The molecule has 1 rings (SSSR count). The second-order valence-corrected chi connectivity index (χ2v) is 5.23. The Morgan fingerprint density at radius 1 is 1.38 bits per heavy atom. The molecule has 0 saturated heterocycles. The highest BCUT2D eigenvalue weighted by molar-refractivity contribution is 7.98. The van der Waals surface area contributed by atoms with Crippen LogP contribution in [0.2, 0.25) is 0 Å². The highest BCUT2D eigenvalue weighted by Crippen LogP contribution is 2.20. The Morgan fingerprint density at radius 2 is 2.06 bits per heavy atom. The average Bonchev–Trinajstić information content (AvgIpc) is 2.16. The van der Waals surface area contributed by atoms with E-state index in [1.54, 1.807) is 0 Å². The predicted molar refractivity (Wildman–Crippen MR) is 73.2 cm³/mol. The molecule has 0 fully saturated rings. The molecule has 0 aliphatic carbocycles. The van der Waals surface area contributed by atoms with E-state index in [2.05, 4.69) is 50.3 Å². The van der Waals surface area contributed by atoms with E-state index in [0.717, 1.165) is 23.7 Å². The van der Waals surface area contributed by atoms with E-state index in [9.17, 15) is 0 Å². The first-order valence-corrected chi connectivity index (χ1v) is 7.12. The summed E-state index contributed by atoms with van der Waals surface area (Å²) < 4.78 is 0. The van der Waals surface area contributed by atoms with Crippen molar-refractivity contribution in [3.05, 3.63) is 28.6 Å². The first kappa shape index (κ1) is 13.5. The monoisotopic (exact) mass is 238 g/mol. The third-order valence-electron chi connectivity index (χ3n) is 2.77. The Morgan fingerprint density at radius 3 is 2.62 bits per heavy atom. The van der Waals surface area contributed by atoms with E-state index in [1.807, 2.05) is 11.8 Å². The maximum absolute atomic E-state index is 4.54. The van der Waals surface area contributed by atoms with Crippen LogP contribution in [0.4, 0.5) is 0 Å². The molecule has 2 nitrogen and oxygen atoms in total. The standard InChI is InChI=1S/C13H22N2S/c1-9-8-10(2)15-12(4)13(9)11(3)14-6-7-16-5/h8,11,14H,6-7H2,1-5H3. The molecule has 0 radical (unpaired) electrons. The third-order valence-corrected chi connectivity index (χ3v) is 3.39. The molecule has 1 N–H and O–H groups in total. The molecule has 0 aliphatic heterocycles. The van der Waals surface area contributed by atoms with Crippen LogP contribution in [0.5, 0.6) is 0 Å². The van der Waals surface area contributed by atoms with Gasteiger partial charge in [-0.1, -0.05) is 0 Å². The van der Waals surface area contributed by atoms with Gasteiger partial charge in [0.15, 0.2) is 0 Å². The molecule has 1 heterocycles. The zero-order chi connectivity index (χ0) is 12.1. The molecule has 90 valence electrons. The van der Waals surface area contributed by atoms with Crippen LogP contribution in [0.15, 0.2) is 6.07 Å². The summed E-state index contributed by atoms with van der Waals surface area (Å²) in [5.74, 6) is 1.15. The number of nitrogens with one attached hydrogen (secondary N) is 1. The van der Waals surface area contributed by atoms with Crippen LogP contribution >= 0.6 is 11.8 Å². The second kappa shape index (κ2) is 6.26. The minimum atomic E-state index is 0.389. The maximum atomic E-state index is 4.54. The van der Waals surface area contributed by atoms with Gasteiger partial charge in [0.2, 0.25) is 0 Å². The normalized spacial score (nSPS) is 12.8. The van der Waals surface area contributed by atoms with E-state index in [4.69, 9.17) is 0 Å². The van der Waals surface area contributed by atoms with Crippen molar-refractivity contribution in [2.45, 2.75) is 33.7 Å².